The maximum Gasteiger partial charge on any atom is 0.265 e. The summed E-state index contributed by atoms with van der Waals surface area (Å²) < 4.78 is 11.2. The highest BCUT2D eigenvalue weighted by Gasteiger charge is 2.17. The van der Waals surface area contributed by atoms with Gasteiger partial charge >= 0.3 is 0 Å². The van der Waals surface area contributed by atoms with Gasteiger partial charge in [-0.3, -0.25) is 4.79 Å². The van der Waals surface area contributed by atoms with E-state index in [2.05, 4.69) is 17.4 Å². The van der Waals surface area contributed by atoms with Crippen molar-refractivity contribution in [3.63, 3.8) is 0 Å². The van der Waals surface area contributed by atoms with E-state index in [0.29, 0.717) is 5.75 Å². The number of nitrogens with one attached hydrogen (secondary N) is 1. The van der Waals surface area contributed by atoms with E-state index in [4.69, 9.17) is 9.47 Å². The fraction of sp³-hybridized carbons (Fsp3) is 0.261. The van der Waals surface area contributed by atoms with Gasteiger partial charge in [-0.15, -0.1) is 0 Å². The topological polar surface area (TPSA) is 47.6 Å². The average Bonchev–Trinajstić information content (AvgIpc) is 2.63. The molecular formula is C23H25NO3. The average molecular weight is 363 g/mol. The molecule has 3 aromatic carbocycles. The molecule has 0 aliphatic carbocycles. The normalized spacial score (nSPS) is 11.9. The maximum absolute atomic E-state index is 12.6. The SMILES string of the molecule is COc1ccc2ccc(O[C@H](C)C(=O)Nc3c(C)cc(C)cc3C)cc2c1. The molecule has 0 aromatic heterocycles. The lowest BCUT2D eigenvalue weighted by atomic mass is 10.0. The predicted molar refractivity (Wildman–Crippen MR) is 110 cm³/mol. The summed E-state index contributed by atoms with van der Waals surface area (Å²) in [6.45, 7) is 7.80. The first-order chi connectivity index (χ1) is 12.9. The van der Waals surface area contributed by atoms with Crippen molar-refractivity contribution in [1.82, 2.24) is 0 Å². The molecule has 3 rings (SSSR count). The van der Waals surface area contributed by atoms with Gasteiger partial charge in [-0.05, 0) is 73.9 Å². The van der Waals surface area contributed by atoms with E-state index in [1.165, 1.54) is 5.56 Å². The van der Waals surface area contributed by atoms with Crippen LogP contribution in [0.5, 0.6) is 11.5 Å². The van der Waals surface area contributed by atoms with Crippen LogP contribution in [0.3, 0.4) is 0 Å². The van der Waals surface area contributed by atoms with E-state index in [1.807, 2.05) is 57.2 Å². The molecule has 0 saturated carbocycles. The lowest BCUT2D eigenvalue weighted by molar-refractivity contribution is -0.122. The Morgan fingerprint density at radius 2 is 1.48 bits per heavy atom. The Morgan fingerprint density at radius 3 is 2.11 bits per heavy atom. The zero-order chi connectivity index (χ0) is 19.6. The fourth-order valence-electron chi connectivity index (χ4n) is 3.26. The van der Waals surface area contributed by atoms with Crippen LogP contribution in [0.2, 0.25) is 0 Å². The summed E-state index contributed by atoms with van der Waals surface area (Å²) in [6.07, 6.45) is -0.617. The minimum atomic E-state index is -0.617. The molecule has 4 heteroatoms. The van der Waals surface area contributed by atoms with Crippen LogP contribution in [0.4, 0.5) is 5.69 Å². The second-order valence-corrected chi connectivity index (χ2v) is 6.90. The van der Waals surface area contributed by atoms with Crippen molar-refractivity contribution in [1.29, 1.82) is 0 Å². The zero-order valence-corrected chi connectivity index (χ0v) is 16.4. The van der Waals surface area contributed by atoms with Gasteiger partial charge in [0.05, 0.1) is 7.11 Å². The summed E-state index contributed by atoms with van der Waals surface area (Å²) in [5.74, 6) is 1.27. The summed E-state index contributed by atoms with van der Waals surface area (Å²) in [4.78, 5) is 12.6. The Hall–Kier alpha value is -3.01. The van der Waals surface area contributed by atoms with Crippen molar-refractivity contribution < 1.29 is 14.3 Å². The standard InChI is InChI=1S/C23H25NO3/c1-14-10-15(2)22(16(3)11-14)24-23(25)17(4)27-21-9-7-18-6-8-20(26-5)12-19(18)13-21/h6-13,17H,1-5H3,(H,24,25)/t17-/m1/s1. The second-order valence-electron chi connectivity index (χ2n) is 6.90. The Morgan fingerprint density at radius 1 is 0.889 bits per heavy atom. The number of hydrogen-bond donors (Lipinski definition) is 1. The van der Waals surface area contributed by atoms with Gasteiger partial charge in [0, 0.05) is 5.69 Å². The molecule has 0 radical (unpaired) electrons. The molecule has 0 aliphatic heterocycles. The molecule has 0 saturated heterocycles. The fourth-order valence-corrected chi connectivity index (χ4v) is 3.26. The lowest BCUT2D eigenvalue weighted by Gasteiger charge is -2.18. The molecule has 3 aromatic rings. The van der Waals surface area contributed by atoms with Gasteiger partial charge < -0.3 is 14.8 Å². The monoisotopic (exact) mass is 363 g/mol. The smallest absolute Gasteiger partial charge is 0.265 e. The van der Waals surface area contributed by atoms with Gasteiger partial charge in [-0.25, -0.2) is 0 Å². The summed E-state index contributed by atoms with van der Waals surface area (Å²) in [6, 6.07) is 15.8. The van der Waals surface area contributed by atoms with Crippen molar-refractivity contribution in [2.75, 3.05) is 12.4 Å². The van der Waals surface area contributed by atoms with Crippen LogP contribution in [0.15, 0.2) is 48.5 Å². The first-order valence-electron chi connectivity index (χ1n) is 9.00. The molecule has 0 fully saturated rings. The Balaban J connectivity index is 1.75. The highest BCUT2D eigenvalue weighted by Crippen LogP contribution is 2.26. The molecule has 0 aliphatic rings. The first kappa shape index (κ1) is 18.8. The van der Waals surface area contributed by atoms with Crippen molar-refractivity contribution in [3.8, 4) is 11.5 Å². The molecule has 1 amide bonds. The number of carbonyl (C=O) groups is 1. The third-order valence-corrected chi connectivity index (χ3v) is 4.63. The zero-order valence-electron chi connectivity index (χ0n) is 16.4. The number of benzene rings is 3. The predicted octanol–water partition coefficient (Wildman–Crippen LogP) is 5.18. The summed E-state index contributed by atoms with van der Waals surface area (Å²) in [5, 5.41) is 5.09. The number of hydrogen-bond acceptors (Lipinski definition) is 3. The molecule has 0 bridgehead atoms. The number of aryl methyl sites for hydroxylation is 3. The van der Waals surface area contributed by atoms with E-state index in [0.717, 1.165) is 33.3 Å². The molecule has 0 spiro atoms. The van der Waals surface area contributed by atoms with Gasteiger partial charge in [-0.1, -0.05) is 29.8 Å². The number of amides is 1. The summed E-state index contributed by atoms with van der Waals surface area (Å²) in [7, 11) is 1.64. The van der Waals surface area contributed by atoms with E-state index in [1.54, 1.807) is 14.0 Å². The summed E-state index contributed by atoms with van der Waals surface area (Å²) >= 11 is 0. The van der Waals surface area contributed by atoms with Crippen molar-refractivity contribution in [2.45, 2.75) is 33.8 Å². The highest BCUT2D eigenvalue weighted by atomic mass is 16.5. The molecule has 1 N–H and O–H groups in total. The van der Waals surface area contributed by atoms with Crippen LogP contribution in [-0.2, 0) is 4.79 Å². The minimum absolute atomic E-state index is 0.171. The number of anilines is 1. The highest BCUT2D eigenvalue weighted by molar-refractivity contribution is 5.95. The number of carbonyl (C=O) groups excluding carboxylic acids is 1. The number of rotatable bonds is 5. The molecule has 0 unspecified atom stereocenters. The molecule has 27 heavy (non-hydrogen) atoms. The maximum atomic E-state index is 12.6. The Kier molecular flexibility index (Phi) is 5.36. The van der Waals surface area contributed by atoms with Crippen LogP contribution >= 0.6 is 0 Å². The third-order valence-electron chi connectivity index (χ3n) is 4.63. The second kappa shape index (κ2) is 7.70. The number of fused-ring (bicyclic) bond motifs is 1. The number of methoxy groups -OCH3 is 1. The quantitative estimate of drug-likeness (QED) is 0.679. The van der Waals surface area contributed by atoms with Crippen molar-refractivity contribution in [3.05, 3.63) is 65.2 Å². The van der Waals surface area contributed by atoms with Crippen LogP contribution in [0.1, 0.15) is 23.6 Å². The van der Waals surface area contributed by atoms with Gasteiger partial charge in [0.25, 0.3) is 5.91 Å². The van der Waals surface area contributed by atoms with Gasteiger partial charge in [-0.2, -0.15) is 0 Å². The molecule has 4 nitrogen and oxygen atoms in total. The third kappa shape index (κ3) is 4.22. The van der Waals surface area contributed by atoms with Crippen LogP contribution in [0.25, 0.3) is 10.8 Å². The van der Waals surface area contributed by atoms with E-state index in [-0.39, 0.29) is 5.91 Å². The molecule has 1 atom stereocenters. The minimum Gasteiger partial charge on any atom is -0.497 e. The Bertz CT molecular complexity index is 971. The molecule has 0 heterocycles. The van der Waals surface area contributed by atoms with E-state index < -0.39 is 6.10 Å². The Labute approximate surface area is 160 Å². The molecular weight excluding hydrogens is 338 g/mol. The van der Waals surface area contributed by atoms with Gasteiger partial charge in [0.2, 0.25) is 0 Å². The van der Waals surface area contributed by atoms with Crippen molar-refractivity contribution in [2.24, 2.45) is 0 Å². The van der Waals surface area contributed by atoms with Crippen LogP contribution in [-0.4, -0.2) is 19.1 Å². The largest absolute Gasteiger partial charge is 0.497 e. The van der Waals surface area contributed by atoms with Gasteiger partial charge in [0.1, 0.15) is 11.5 Å². The first-order valence-corrected chi connectivity index (χ1v) is 9.00. The van der Waals surface area contributed by atoms with Crippen LogP contribution in [0, 0.1) is 20.8 Å². The van der Waals surface area contributed by atoms with E-state index >= 15 is 0 Å². The van der Waals surface area contributed by atoms with Crippen LogP contribution < -0.4 is 14.8 Å². The van der Waals surface area contributed by atoms with E-state index in [9.17, 15) is 4.79 Å². The summed E-state index contributed by atoms with van der Waals surface area (Å²) in [5.41, 5.74) is 4.12. The van der Waals surface area contributed by atoms with Gasteiger partial charge in [0.15, 0.2) is 6.10 Å². The number of ether oxygens (including phenoxy) is 2. The van der Waals surface area contributed by atoms with Crippen molar-refractivity contribution >= 4 is 22.4 Å². The lowest BCUT2D eigenvalue weighted by Crippen LogP contribution is -2.30. The molecule has 140 valence electrons.